The highest BCUT2D eigenvalue weighted by Crippen LogP contribution is 2.20. The lowest BCUT2D eigenvalue weighted by atomic mass is 9.94. The topological polar surface area (TPSA) is 160 Å². The molecule has 0 bridgehead atoms. The molecule has 1 heterocycles. The molecule has 4 atom stereocenters. The number of nitrogens with two attached hydrogens (primary N) is 1. The van der Waals surface area contributed by atoms with Crippen LogP contribution in [0.3, 0.4) is 0 Å². The summed E-state index contributed by atoms with van der Waals surface area (Å²) in [4.78, 5) is 38.6. The molecule has 0 unspecified atom stereocenters. The van der Waals surface area contributed by atoms with Gasteiger partial charge in [-0.05, 0) is 13.0 Å². The molecule has 0 spiro atoms. The first kappa shape index (κ1) is 17.9. The summed E-state index contributed by atoms with van der Waals surface area (Å²) < 4.78 is 5.10. The van der Waals surface area contributed by atoms with Crippen LogP contribution in [0.2, 0.25) is 0 Å². The van der Waals surface area contributed by atoms with E-state index in [-0.39, 0.29) is 6.61 Å². The van der Waals surface area contributed by atoms with E-state index in [2.05, 4.69) is 10.2 Å². The zero-order valence-electron chi connectivity index (χ0n) is 12.1. The lowest BCUT2D eigenvalue weighted by molar-refractivity contribution is -0.155. The third-order valence-electron chi connectivity index (χ3n) is 2.85. The summed E-state index contributed by atoms with van der Waals surface area (Å²) in [5.41, 5.74) is 7.75. The van der Waals surface area contributed by atoms with Crippen LogP contribution in [0.15, 0.2) is 11.8 Å². The van der Waals surface area contributed by atoms with E-state index in [4.69, 9.17) is 15.6 Å². The average molecular weight is 317 g/mol. The average Bonchev–Trinajstić information content (AvgIpc) is 2.45. The minimum atomic E-state index is -1.79. The molecule has 0 radical (unpaired) electrons. The molecule has 0 fully saturated rings. The Morgan fingerprint density at radius 3 is 2.64 bits per heavy atom. The van der Waals surface area contributed by atoms with Crippen molar-refractivity contribution in [2.45, 2.75) is 38.1 Å². The molecule has 1 aliphatic heterocycles. The van der Waals surface area contributed by atoms with Crippen LogP contribution in [0.5, 0.6) is 0 Å². The number of aliphatic carboxylic acids is 1. The maximum absolute atomic E-state index is 11.7. The number of nitrogens with one attached hydrogen (secondary N) is 2. The highest BCUT2D eigenvalue weighted by Gasteiger charge is 2.42. The zero-order valence-corrected chi connectivity index (χ0v) is 12.1. The fourth-order valence-corrected chi connectivity index (χ4v) is 1.91. The summed E-state index contributed by atoms with van der Waals surface area (Å²) in [5, 5.41) is 21.4. The van der Waals surface area contributed by atoms with E-state index in [1.807, 2.05) is 5.48 Å². The summed E-state index contributed by atoms with van der Waals surface area (Å²) >= 11 is 0. The standard InChI is InChI=1S/C12H19N3O7/c1-3-21-15-11(18)9(17)10-8(14-5(2)16)6(13)4-7(22-10)12(19)20/h4,6,8-10,17H,3,13H2,1-2H3,(H,14,16)(H,15,18)(H,19,20)/t6-,8+,9-,10+/m0/s1. The van der Waals surface area contributed by atoms with E-state index in [0.717, 1.165) is 6.08 Å². The normalized spacial score (nSPS) is 25.5. The third-order valence-corrected chi connectivity index (χ3v) is 2.85. The van der Waals surface area contributed by atoms with Crippen molar-refractivity contribution >= 4 is 17.8 Å². The number of aliphatic hydroxyl groups is 1. The molecule has 0 aromatic rings. The van der Waals surface area contributed by atoms with E-state index < -0.39 is 47.8 Å². The van der Waals surface area contributed by atoms with Crippen LogP contribution in [0.1, 0.15) is 13.8 Å². The van der Waals surface area contributed by atoms with Gasteiger partial charge >= 0.3 is 5.97 Å². The molecule has 10 heteroatoms. The molecule has 10 nitrogen and oxygen atoms in total. The van der Waals surface area contributed by atoms with Crippen LogP contribution < -0.4 is 16.5 Å². The van der Waals surface area contributed by atoms with E-state index in [9.17, 15) is 19.5 Å². The van der Waals surface area contributed by atoms with Crippen molar-refractivity contribution in [3.05, 3.63) is 11.8 Å². The molecule has 0 aliphatic carbocycles. The van der Waals surface area contributed by atoms with Gasteiger partial charge in [0.15, 0.2) is 12.2 Å². The molecule has 0 aromatic carbocycles. The second-order valence-electron chi connectivity index (χ2n) is 4.57. The third kappa shape index (κ3) is 4.41. The Morgan fingerprint density at radius 1 is 1.50 bits per heavy atom. The van der Waals surface area contributed by atoms with E-state index >= 15 is 0 Å². The smallest absolute Gasteiger partial charge is 0.370 e. The van der Waals surface area contributed by atoms with Crippen LogP contribution in [-0.4, -0.2) is 58.9 Å². The number of hydroxylamine groups is 1. The number of carboxylic acids is 1. The van der Waals surface area contributed by atoms with Gasteiger partial charge in [-0.1, -0.05) is 0 Å². The number of carbonyl (C=O) groups is 3. The number of aliphatic hydroxyl groups excluding tert-OH is 1. The van der Waals surface area contributed by atoms with Crippen molar-refractivity contribution in [2.24, 2.45) is 5.73 Å². The highest BCUT2D eigenvalue weighted by atomic mass is 16.7. The van der Waals surface area contributed by atoms with Crippen molar-refractivity contribution in [1.82, 2.24) is 10.8 Å². The second kappa shape index (κ2) is 7.73. The van der Waals surface area contributed by atoms with E-state index in [0.29, 0.717) is 0 Å². The minimum absolute atomic E-state index is 0.166. The number of rotatable bonds is 6. The minimum Gasteiger partial charge on any atom is -0.478 e. The first-order valence-corrected chi connectivity index (χ1v) is 6.52. The predicted molar refractivity (Wildman–Crippen MR) is 71.9 cm³/mol. The van der Waals surface area contributed by atoms with Crippen LogP contribution in [0.4, 0.5) is 0 Å². The molecule has 124 valence electrons. The second-order valence-corrected chi connectivity index (χ2v) is 4.57. The van der Waals surface area contributed by atoms with Gasteiger partial charge in [-0.15, -0.1) is 0 Å². The summed E-state index contributed by atoms with van der Waals surface area (Å²) in [6, 6.07) is -1.94. The lowest BCUT2D eigenvalue weighted by Gasteiger charge is -2.36. The van der Waals surface area contributed by atoms with Crippen LogP contribution in [0.25, 0.3) is 0 Å². The van der Waals surface area contributed by atoms with Gasteiger partial charge in [0, 0.05) is 6.92 Å². The Labute approximate surface area is 126 Å². The Morgan fingerprint density at radius 2 is 2.14 bits per heavy atom. The van der Waals surface area contributed by atoms with Gasteiger partial charge < -0.3 is 26.0 Å². The largest absolute Gasteiger partial charge is 0.478 e. The van der Waals surface area contributed by atoms with E-state index in [1.165, 1.54) is 6.92 Å². The number of hydrogen-bond donors (Lipinski definition) is 5. The van der Waals surface area contributed by atoms with Gasteiger partial charge in [0.1, 0.15) is 0 Å². The predicted octanol–water partition coefficient (Wildman–Crippen LogP) is -2.39. The van der Waals surface area contributed by atoms with Crippen molar-refractivity contribution in [3.63, 3.8) is 0 Å². The van der Waals surface area contributed by atoms with Gasteiger partial charge in [0.05, 0.1) is 18.7 Å². The SMILES string of the molecule is CCONC(=O)[C@@H](O)[C@@H]1OC(C(=O)O)=C[C@H](N)[C@H]1NC(C)=O. The Bertz CT molecular complexity index is 479. The Balaban J connectivity index is 2.98. The molecular weight excluding hydrogens is 298 g/mol. The summed E-state index contributed by atoms with van der Waals surface area (Å²) in [7, 11) is 0. The van der Waals surface area contributed by atoms with Crippen LogP contribution in [-0.2, 0) is 24.0 Å². The Kier molecular flexibility index (Phi) is 6.28. The monoisotopic (exact) mass is 317 g/mol. The summed E-state index contributed by atoms with van der Waals surface area (Å²) in [6.07, 6.45) is -2.08. The summed E-state index contributed by atoms with van der Waals surface area (Å²) in [5.74, 6) is -3.33. The summed E-state index contributed by atoms with van der Waals surface area (Å²) in [6.45, 7) is 3.00. The first-order valence-electron chi connectivity index (χ1n) is 6.52. The first-order chi connectivity index (χ1) is 10.3. The quantitative estimate of drug-likeness (QED) is 0.339. The zero-order chi connectivity index (χ0) is 16.9. The Hall–Kier alpha value is -2.17. The molecule has 1 rings (SSSR count). The maximum atomic E-state index is 11.7. The molecule has 1 aliphatic rings. The van der Waals surface area contributed by atoms with Gasteiger partial charge in [0.25, 0.3) is 5.91 Å². The number of carboxylic acid groups (broad SMARTS) is 1. The van der Waals surface area contributed by atoms with Gasteiger partial charge in [0.2, 0.25) is 11.7 Å². The fraction of sp³-hybridized carbons (Fsp3) is 0.583. The van der Waals surface area contributed by atoms with Gasteiger partial charge in [-0.3, -0.25) is 14.4 Å². The van der Waals surface area contributed by atoms with Crippen LogP contribution >= 0.6 is 0 Å². The highest BCUT2D eigenvalue weighted by molar-refractivity contribution is 5.85. The molecule has 0 saturated heterocycles. The lowest BCUT2D eigenvalue weighted by Crippen LogP contribution is -2.62. The molecular formula is C12H19N3O7. The molecule has 0 aromatic heterocycles. The number of ether oxygens (including phenoxy) is 1. The van der Waals surface area contributed by atoms with Crippen molar-refractivity contribution in [3.8, 4) is 0 Å². The number of hydrogen-bond acceptors (Lipinski definition) is 7. The van der Waals surface area contributed by atoms with Gasteiger partial charge in [-0.2, -0.15) is 0 Å². The van der Waals surface area contributed by atoms with Crippen molar-refractivity contribution < 1.29 is 34.2 Å². The van der Waals surface area contributed by atoms with Crippen LogP contribution in [0, 0.1) is 0 Å². The fourth-order valence-electron chi connectivity index (χ4n) is 1.91. The molecule has 22 heavy (non-hydrogen) atoms. The van der Waals surface area contributed by atoms with Gasteiger partial charge in [-0.25, -0.2) is 10.3 Å². The molecule has 0 saturated carbocycles. The molecule has 6 N–H and O–H groups in total. The van der Waals surface area contributed by atoms with E-state index in [1.54, 1.807) is 6.92 Å². The number of amides is 2. The number of carbonyl (C=O) groups excluding carboxylic acids is 2. The molecule has 2 amide bonds. The maximum Gasteiger partial charge on any atom is 0.370 e. The van der Waals surface area contributed by atoms with Crippen molar-refractivity contribution in [2.75, 3.05) is 6.61 Å². The van der Waals surface area contributed by atoms with Crippen molar-refractivity contribution in [1.29, 1.82) is 0 Å².